The molecule has 2 atom stereocenters. The van der Waals surface area contributed by atoms with Crippen LogP contribution in [0, 0.1) is 5.92 Å². The summed E-state index contributed by atoms with van der Waals surface area (Å²) in [6.45, 7) is 4.94. The standard InChI is InChI=1S/C10H18N4O/c1-6(2)8(11)10-12-9(13-14-10)7-4-3-5-15-7/h6-8H,3-5,11H2,1-2H3,(H,12,13,14)/t7-,8-/m0/s1. The van der Waals surface area contributed by atoms with Gasteiger partial charge in [-0.3, -0.25) is 5.10 Å². The van der Waals surface area contributed by atoms with Gasteiger partial charge in [0.25, 0.3) is 0 Å². The van der Waals surface area contributed by atoms with Crippen molar-refractivity contribution in [2.45, 2.75) is 38.8 Å². The van der Waals surface area contributed by atoms with Crippen LogP contribution in [0.4, 0.5) is 0 Å². The number of rotatable bonds is 3. The van der Waals surface area contributed by atoms with E-state index >= 15 is 0 Å². The molecule has 1 aromatic rings. The molecule has 1 saturated heterocycles. The Morgan fingerprint density at radius 1 is 1.53 bits per heavy atom. The van der Waals surface area contributed by atoms with Crippen LogP contribution < -0.4 is 5.73 Å². The Morgan fingerprint density at radius 3 is 2.93 bits per heavy atom. The number of nitrogens with zero attached hydrogens (tertiary/aromatic N) is 2. The van der Waals surface area contributed by atoms with E-state index in [9.17, 15) is 0 Å². The molecule has 3 N–H and O–H groups in total. The molecule has 0 unspecified atom stereocenters. The monoisotopic (exact) mass is 210 g/mol. The average Bonchev–Trinajstić information content (AvgIpc) is 2.86. The van der Waals surface area contributed by atoms with E-state index in [2.05, 4.69) is 29.0 Å². The van der Waals surface area contributed by atoms with E-state index in [4.69, 9.17) is 10.5 Å². The fourth-order valence-corrected chi connectivity index (χ4v) is 1.67. The van der Waals surface area contributed by atoms with Crippen LogP contribution in [0.5, 0.6) is 0 Å². The predicted octanol–water partition coefficient (Wildman–Crippen LogP) is 1.31. The number of ether oxygens (including phenoxy) is 1. The van der Waals surface area contributed by atoms with E-state index in [-0.39, 0.29) is 12.1 Å². The number of hydrogen-bond donors (Lipinski definition) is 2. The van der Waals surface area contributed by atoms with Crippen LogP contribution in [0.15, 0.2) is 0 Å². The molecule has 1 fully saturated rings. The maximum atomic E-state index is 5.96. The maximum Gasteiger partial charge on any atom is 0.167 e. The van der Waals surface area contributed by atoms with Crippen LogP contribution in [0.1, 0.15) is 50.5 Å². The van der Waals surface area contributed by atoms with E-state index in [1.165, 1.54) is 0 Å². The van der Waals surface area contributed by atoms with Gasteiger partial charge in [0.05, 0.1) is 6.04 Å². The Kier molecular flexibility index (Phi) is 3.02. The zero-order valence-corrected chi connectivity index (χ0v) is 9.23. The summed E-state index contributed by atoms with van der Waals surface area (Å²) in [6.07, 6.45) is 2.20. The maximum absolute atomic E-state index is 5.96. The van der Waals surface area contributed by atoms with Crippen LogP contribution in [-0.4, -0.2) is 21.8 Å². The van der Waals surface area contributed by atoms with Gasteiger partial charge >= 0.3 is 0 Å². The third kappa shape index (κ3) is 2.18. The van der Waals surface area contributed by atoms with Gasteiger partial charge in [-0.05, 0) is 18.8 Å². The van der Waals surface area contributed by atoms with E-state index in [1.54, 1.807) is 0 Å². The van der Waals surface area contributed by atoms with Gasteiger partial charge in [-0.25, -0.2) is 4.98 Å². The molecule has 2 rings (SSSR count). The molecule has 2 heterocycles. The van der Waals surface area contributed by atoms with E-state index in [1.807, 2.05) is 0 Å². The molecule has 0 spiro atoms. The van der Waals surface area contributed by atoms with Gasteiger partial charge in [-0.1, -0.05) is 13.8 Å². The molecule has 84 valence electrons. The number of nitrogens with one attached hydrogen (secondary N) is 1. The van der Waals surface area contributed by atoms with Crippen LogP contribution in [0.3, 0.4) is 0 Å². The number of aromatic nitrogens is 3. The Bertz CT molecular complexity index is 300. The Labute approximate surface area is 89.4 Å². The molecule has 0 aromatic carbocycles. The van der Waals surface area contributed by atoms with Crippen molar-refractivity contribution in [2.24, 2.45) is 11.7 Å². The van der Waals surface area contributed by atoms with Gasteiger partial charge < -0.3 is 10.5 Å². The van der Waals surface area contributed by atoms with Crippen LogP contribution in [0.25, 0.3) is 0 Å². The quantitative estimate of drug-likeness (QED) is 0.788. The lowest BCUT2D eigenvalue weighted by molar-refractivity contribution is 0.105. The lowest BCUT2D eigenvalue weighted by Crippen LogP contribution is -2.18. The lowest BCUT2D eigenvalue weighted by Gasteiger charge is -2.10. The van der Waals surface area contributed by atoms with Gasteiger partial charge in [-0.2, -0.15) is 5.10 Å². The molecule has 15 heavy (non-hydrogen) atoms. The summed E-state index contributed by atoms with van der Waals surface area (Å²) in [7, 11) is 0. The van der Waals surface area contributed by atoms with Crippen molar-refractivity contribution in [2.75, 3.05) is 6.61 Å². The first-order chi connectivity index (χ1) is 7.18. The number of H-pyrrole nitrogens is 1. The second-order valence-electron chi connectivity index (χ2n) is 4.35. The van der Waals surface area contributed by atoms with Crippen molar-refractivity contribution in [3.05, 3.63) is 11.6 Å². The second-order valence-corrected chi connectivity index (χ2v) is 4.35. The zero-order valence-electron chi connectivity index (χ0n) is 9.23. The summed E-state index contributed by atoms with van der Waals surface area (Å²) in [5, 5.41) is 7.06. The molecular weight excluding hydrogens is 192 g/mol. The highest BCUT2D eigenvalue weighted by Crippen LogP contribution is 2.26. The molecule has 5 heteroatoms. The first kappa shape index (κ1) is 10.6. The third-order valence-electron chi connectivity index (χ3n) is 2.77. The Hall–Kier alpha value is -0.940. The van der Waals surface area contributed by atoms with Crippen molar-refractivity contribution in [1.82, 2.24) is 15.2 Å². The smallest absolute Gasteiger partial charge is 0.167 e. The summed E-state index contributed by atoms with van der Waals surface area (Å²) in [6, 6.07) is -0.101. The van der Waals surface area contributed by atoms with Crippen LogP contribution in [-0.2, 0) is 4.74 Å². The Morgan fingerprint density at radius 2 is 2.33 bits per heavy atom. The van der Waals surface area contributed by atoms with Gasteiger partial charge in [0.1, 0.15) is 6.10 Å². The first-order valence-electron chi connectivity index (χ1n) is 5.48. The van der Waals surface area contributed by atoms with Crippen molar-refractivity contribution in [3.8, 4) is 0 Å². The Balaban J connectivity index is 2.09. The number of hydrogen-bond acceptors (Lipinski definition) is 4. The van der Waals surface area contributed by atoms with Crippen molar-refractivity contribution in [1.29, 1.82) is 0 Å². The van der Waals surface area contributed by atoms with E-state index in [0.29, 0.717) is 11.7 Å². The van der Waals surface area contributed by atoms with Crippen molar-refractivity contribution < 1.29 is 4.74 Å². The highest BCUT2D eigenvalue weighted by atomic mass is 16.5. The molecule has 1 aliphatic heterocycles. The highest BCUT2D eigenvalue weighted by Gasteiger charge is 2.23. The normalized spacial score (nSPS) is 23.6. The number of nitrogens with two attached hydrogens (primary N) is 1. The molecule has 1 aromatic heterocycles. The van der Waals surface area contributed by atoms with Gasteiger partial charge in [0, 0.05) is 6.61 Å². The molecule has 0 amide bonds. The minimum absolute atomic E-state index is 0.0885. The molecule has 0 bridgehead atoms. The van der Waals surface area contributed by atoms with Gasteiger partial charge in [0.15, 0.2) is 11.6 Å². The van der Waals surface area contributed by atoms with Gasteiger partial charge in [0.2, 0.25) is 0 Å². The summed E-state index contributed by atoms with van der Waals surface area (Å²) >= 11 is 0. The minimum Gasteiger partial charge on any atom is -0.370 e. The second kappa shape index (κ2) is 4.28. The third-order valence-corrected chi connectivity index (χ3v) is 2.77. The van der Waals surface area contributed by atoms with Crippen LogP contribution >= 0.6 is 0 Å². The zero-order chi connectivity index (χ0) is 10.8. The fraction of sp³-hybridized carbons (Fsp3) is 0.800. The highest BCUT2D eigenvalue weighted by molar-refractivity contribution is 5.00. The SMILES string of the molecule is CC(C)[C@H](N)c1n[nH]c([C@@H]2CCCO2)n1. The molecule has 5 nitrogen and oxygen atoms in total. The molecular formula is C10H18N4O. The summed E-state index contributed by atoms with van der Waals surface area (Å²) in [5.41, 5.74) is 5.96. The topological polar surface area (TPSA) is 76.8 Å². The number of aromatic amines is 1. The van der Waals surface area contributed by atoms with Crippen molar-refractivity contribution in [3.63, 3.8) is 0 Å². The fourth-order valence-electron chi connectivity index (χ4n) is 1.67. The molecule has 0 aliphatic carbocycles. The molecule has 1 aliphatic rings. The van der Waals surface area contributed by atoms with Gasteiger partial charge in [-0.15, -0.1) is 0 Å². The van der Waals surface area contributed by atoms with E-state index < -0.39 is 0 Å². The van der Waals surface area contributed by atoms with Crippen molar-refractivity contribution >= 4 is 0 Å². The summed E-state index contributed by atoms with van der Waals surface area (Å²) in [5.74, 6) is 1.85. The molecule has 0 saturated carbocycles. The van der Waals surface area contributed by atoms with E-state index in [0.717, 1.165) is 25.3 Å². The molecule has 0 radical (unpaired) electrons. The largest absolute Gasteiger partial charge is 0.370 e. The average molecular weight is 210 g/mol. The minimum atomic E-state index is -0.101. The first-order valence-corrected chi connectivity index (χ1v) is 5.48. The summed E-state index contributed by atoms with van der Waals surface area (Å²) in [4.78, 5) is 4.40. The van der Waals surface area contributed by atoms with Crippen LogP contribution in [0.2, 0.25) is 0 Å². The predicted molar refractivity (Wildman–Crippen MR) is 56.1 cm³/mol. The lowest BCUT2D eigenvalue weighted by atomic mass is 10.1. The summed E-state index contributed by atoms with van der Waals surface area (Å²) < 4.78 is 5.52.